The van der Waals surface area contributed by atoms with E-state index in [0.717, 1.165) is 11.8 Å². The molecule has 0 spiro atoms. The lowest BCUT2D eigenvalue weighted by atomic mass is 9.99. The molecule has 0 aromatic carbocycles. The van der Waals surface area contributed by atoms with Crippen molar-refractivity contribution in [2.75, 3.05) is 13.2 Å². The lowest BCUT2D eigenvalue weighted by molar-refractivity contribution is -0.311. The number of hydrogen-bond donors (Lipinski definition) is 8. The van der Waals surface area contributed by atoms with E-state index >= 15 is 0 Å². The van der Waals surface area contributed by atoms with Gasteiger partial charge in [0.25, 0.3) is 0 Å². The van der Waals surface area contributed by atoms with Gasteiger partial charge in [-0.05, 0) is 0 Å². The van der Waals surface area contributed by atoms with E-state index in [2.05, 4.69) is 0 Å². The molecule has 2 heterocycles. The molecule has 8 N–H and O–H groups in total. The predicted octanol–water partition coefficient (Wildman–Crippen LogP) is -4.68. The van der Waals surface area contributed by atoms with Gasteiger partial charge in [-0.3, -0.25) is 0 Å². The van der Waals surface area contributed by atoms with E-state index in [0.29, 0.717) is 0 Å². The van der Waals surface area contributed by atoms with E-state index in [4.69, 9.17) is 14.6 Å². The van der Waals surface area contributed by atoms with Crippen LogP contribution in [-0.2, 0) is 9.47 Å². The number of thioether (sulfide) groups is 1. The second-order valence-electron chi connectivity index (χ2n) is 5.53. The number of hydrogen-bond acceptors (Lipinski definition) is 11. The topological polar surface area (TPSA) is 180 Å². The molecule has 10 nitrogen and oxygen atoms in total. The Hall–Kier alpha value is -0.0500. The summed E-state index contributed by atoms with van der Waals surface area (Å²) in [6, 6.07) is 0. The van der Waals surface area contributed by atoms with Crippen LogP contribution in [0.5, 0.6) is 0 Å². The van der Waals surface area contributed by atoms with Crippen LogP contribution in [0.1, 0.15) is 0 Å². The first-order valence-corrected chi connectivity index (χ1v) is 8.02. The maximum atomic E-state index is 9.94. The van der Waals surface area contributed by atoms with Gasteiger partial charge in [-0.25, -0.2) is 0 Å². The second kappa shape index (κ2) is 7.89. The van der Waals surface area contributed by atoms with Crippen LogP contribution >= 0.6 is 11.8 Å². The molecule has 136 valence electrons. The lowest BCUT2D eigenvalue weighted by Crippen LogP contribution is -2.61. The minimum Gasteiger partial charge on any atom is -0.395 e. The smallest absolute Gasteiger partial charge is 0.188 e. The van der Waals surface area contributed by atoms with Crippen LogP contribution in [0.15, 0.2) is 0 Å². The number of rotatable bonds is 4. The quantitative estimate of drug-likeness (QED) is 0.242. The van der Waals surface area contributed by atoms with Crippen LogP contribution < -0.4 is 0 Å². The molecule has 0 aromatic heterocycles. The van der Waals surface area contributed by atoms with Crippen LogP contribution in [0.3, 0.4) is 0 Å². The van der Waals surface area contributed by atoms with Gasteiger partial charge < -0.3 is 50.3 Å². The Kier molecular flexibility index (Phi) is 6.61. The summed E-state index contributed by atoms with van der Waals surface area (Å²) in [5, 5.41) is 76.1. The zero-order chi connectivity index (χ0) is 17.3. The van der Waals surface area contributed by atoms with Crippen LogP contribution in [-0.4, -0.2) is 114 Å². The minimum absolute atomic E-state index is 0.482. The standard InChI is InChI=1S/C12H22O10S/c13-1-3-5(15)7(17)9(19)11(21-3)22-12-10(20)8(18)6(16)4(2-14)23-12/h3-20H,1-2H2/t3-,4-,5-,6-,7+,8+,9-,10-,11-,12+/m1/s1. The summed E-state index contributed by atoms with van der Waals surface area (Å²) >= 11 is 0.828. The summed E-state index contributed by atoms with van der Waals surface area (Å²) in [4.78, 5) is 0. The third-order valence-corrected chi connectivity index (χ3v) is 5.40. The zero-order valence-corrected chi connectivity index (χ0v) is 12.8. The highest BCUT2D eigenvalue weighted by Gasteiger charge is 2.49. The van der Waals surface area contributed by atoms with Crippen LogP contribution in [0.2, 0.25) is 0 Å². The fourth-order valence-electron chi connectivity index (χ4n) is 2.49. The first-order chi connectivity index (χ1) is 10.8. The molecule has 0 bridgehead atoms. The minimum atomic E-state index is -1.66. The molecule has 2 fully saturated rings. The third-order valence-electron chi connectivity index (χ3n) is 3.97. The molecule has 10 atom stereocenters. The summed E-state index contributed by atoms with van der Waals surface area (Å²) < 4.78 is 10.5. The van der Waals surface area contributed by atoms with Gasteiger partial charge in [0.1, 0.15) is 42.1 Å². The summed E-state index contributed by atoms with van der Waals surface area (Å²) in [5.41, 5.74) is -1.17. The van der Waals surface area contributed by atoms with Gasteiger partial charge in [0.2, 0.25) is 0 Å². The average molecular weight is 358 g/mol. The Morgan fingerprint density at radius 2 is 1.35 bits per heavy atom. The van der Waals surface area contributed by atoms with Crippen molar-refractivity contribution < 1.29 is 50.3 Å². The Morgan fingerprint density at radius 1 is 0.739 bits per heavy atom. The van der Waals surface area contributed by atoms with E-state index in [1.807, 2.05) is 0 Å². The van der Waals surface area contributed by atoms with Gasteiger partial charge in [-0.2, -0.15) is 0 Å². The third kappa shape index (κ3) is 3.80. The maximum Gasteiger partial charge on any atom is 0.188 e. The van der Waals surface area contributed by atoms with Crippen LogP contribution in [0, 0.1) is 0 Å². The summed E-state index contributed by atoms with van der Waals surface area (Å²) in [6.45, 7) is -1.12. The van der Waals surface area contributed by atoms with Gasteiger partial charge in [-0.1, -0.05) is 0 Å². The monoisotopic (exact) mass is 358 g/mol. The molecule has 2 aliphatic heterocycles. The molecule has 0 radical (unpaired) electrons. The van der Waals surface area contributed by atoms with E-state index in [1.165, 1.54) is 0 Å². The molecule has 0 aliphatic carbocycles. The predicted molar refractivity (Wildman–Crippen MR) is 75.1 cm³/mol. The lowest BCUT2D eigenvalue weighted by Gasteiger charge is -2.44. The highest BCUT2D eigenvalue weighted by molar-refractivity contribution is 8.00. The van der Waals surface area contributed by atoms with E-state index < -0.39 is 72.9 Å². The van der Waals surface area contributed by atoms with E-state index in [9.17, 15) is 35.7 Å². The fraction of sp³-hybridized carbons (Fsp3) is 1.00. The van der Waals surface area contributed by atoms with Crippen molar-refractivity contribution in [2.45, 2.75) is 59.7 Å². The Labute approximate surface area is 135 Å². The average Bonchev–Trinajstić information content (AvgIpc) is 2.55. The first kappa shape index (κ1) is 19.3. The van der Waals surface area contributed by atoms with Gasteiger partial charge in [0.05, 0.1) is 24.6 Å². The van der Waals surface area contributed by atoms with Gasteiger partial charge in [-0.15, -0.1) is 11.8 Å². The normalized spacial score (nSPS) is 51.7. The van der Waals surface area contributed by atoms with Crippen molar-refractivity contribution in [3.8, 4) is 0 Å². The second-order valence-corrected chi connectivity index (χ2v) is 6.87. The van der Waals surface area contributed by atoms with Crippen LogP contribution in [0.4, 0.5) is 0 Å². The molecule has 0 unspecified atom stereocenters. The van der Waals surface area contributed by atoms with Crippen molar-refractivity contribution in [1.82, 2.24) is 0 Å². The van der Waals surface area contributed by atoms with Crippen molar-refractivity contribution in [3.05, 3.63) is 0 Å². The molecule has 11 heteroatoms. The molecule has 2 saturated heterocycles. The molecule has 2 aliphatic rings. The van der Waals surface area contributed by atoms with Crippen molar-refractivity contribution >= 4 is 11.8 Å². The Bertz CT molecular complexity index is 349. The number of aliphatic hydroxyl groups is 8. The highest BCUT2D eigenvalue weighted by Crippen LogP contribution is 2.35. The van der Waals surface area contributed by atoms with Gasteiger partial charge in [0.15, 0.2) is 6.29 Å². The molecular formula is C12H22O10S. The largest absolute Gasteiger partial charge is 0.395 e. The van der Waals surface area contributed by atoms with Gasteiger partial charge >= 0.3 is 0 Å². The SMILES string of the molecule is OC[C@H]1O[C@H](O[C@H]2S[C@H](CO)[C@@H](O)[C@H](O)[C@H]2O)[C@H](O)[C@@H](O)[C@@H]1O. The number of aliphatic hydroxyl groups excluding tert-OH is 8. The van der Waals surface area contributed by atoms with E-state index in [-0.39, 0.29) is 0 Å². The Balaban J connectivity index is 2.07. The van der Waals surface area contributed by atoms with Crippen molar-refractivity contribution in [1.29, 1.82) is 0 Å². The van der Waals surface area contributed by atoms with Crippen molar-refractivity contribution in [2.24, 2.45) is 0 Å². The maximum absolute atomic E-state index is 9.94. The summed E-state index contributed by atoms with van der Waals surface area (Å²) in [6.07, 6.45) is -12.0. The molecule has 0 saturated carbocycles. The molecule has 0 amide bonds. The number of ether oxygens (including phenoxy) is 2. The van der Waals surface area contributed by atoms with E-state index in [1.54, 1.807) is 0 Å². The molecule has 23 heavy (non-hydrogen) atoms. The molecule has 0 aromatic rings. The van der Waals surface area contributed by atoms with Gasteiger partial charge in [0, 0.05) is 0 Å². The fourth-order valence-corrected chi connectivity index (χ4v) is 3.74. The Morgan fingerprint density at radius 3 is 1.91 bits per heavy atom. The molecular weight excluding hydrogens is 336 g/mol. The summed E-state index contributed by atoms with van der Waals surface area (Å²) in [7, 11) is 0. The van der Waals surface area contributed by atoms with Crippen molar-refractivity contribution in [3.63, 3.8) is 0 Å². The summed E-state index contributed by atoms with van der Waals surface area (Å²) in [5.74, 6) is 0. The highest BCUT2D eigenvalue weighted by atomic mass is 32.2. The van der Waals surface area contributed by atoms with Crippen LogP contribution in [0.25, 0.3) is 0 Å². The first-order valence-electron chi connectivity index (χ1n) is 7.08. The zero-order valence-electron chi connectivity index (χ0n) is 12.0. The molecule has 2 rings (SSSR count).